The first kappa shape index (κ1) is 16.5. The fraction of sp³-hybridized carbons (Fsp3) is 0.667. The summed E-state index contributed by atoms with van der Waals surface area (Å²) in [6.45, 7) is 4.97. The van der Waals surface area contributed by atoms with Crippen LogP contribution < -0.4 is 5.73 Å². The molecule has 0 amide bonds. The molecule has 2 atom stereocenters. The number of hydrogen-bond acceptors (Lipinski definition) is 4. The summed E-state index contributed by atoms with van der Waals surface area (Å²) in [5.41, 5.74) is 3.73. The van der Waals surface area contributed by atoms with Crippen LogP contribution in [0.25, 0.3) is 0 Å². The maximum Gasteiger partial charge on any atom is 0.419 e. The first-order valence-corrected chi connectivity index (χ1v) is 6.15. The lowest BCUT2D eigenvalue weighted by atomic mass is 9.95. The van der Waals surface area contributed by atoms with Crippen LogP contribution in [-0.2, 0) is 15.7 Å². The van der Waals surface area contributed by atoms with Gasteiger partial charge in [0.1, 0.15) is 5.54 Å². The van der Waals surface area contributed by atoms with Gasteiger partial charge in [-0.25, -0.2) is 0 Å². The van der Waals surface area contributed by atoms with Crippen LogP contribution in [0.4, 0.5) is 13.2 Å². The minimum absolute atomic E-state index is 0.116. The second kappa shape index (κ2) is 5.82. The highest BCUT2D eigenvalue weighted by Crippen LogP contribution is 2.30. The van der Waals surface area contributed by atoms with Gasteiger partial charge in [-0.1, -0.05) is 0 Å². The van der Waals surface area contributed by atoms with Gasteiger partial charge in [0, 0.05) is 6.20 Å². The Morgan fingerprint density at radius 2 is 2.15 bits per heavy atom. The second-order valence-electron chi connectivity index (χ2n) is 4.90. The van der Waals surface area contributed by atoms with Gasteiger partial charge in [-0.15, -0.1) is 0 Å². The van der Waals surface area contributed by atoms with Crippen LogP contribution in [0, 0.1) is 0 Å². The molecule has 20 heavy (non-hydrogen) atoms. The Labute approximate surface area is 114 Å². The minimum Gasteiger partial charge on any atom is -0.465 e. The highest BCUT2D eigenvalue weighted by atomic mass is 19.4. The van der Waals surface area contributed by atoms with Crippen molar-refractivity contribution in [1.82, 2.24) is 9.78 Å². The molecule has 0 radical (unpaired) electrons. The van der Waals surface area contributed by atoms with E-state index >= 15 is 0 Å². The third-order valence-corrected chi connectivity index (χ3v) is 2.84. The average molecular weight is 293 g/mol. The first-order chi connectivity index (χ1) is 9.08. The van der Waals surface area contributed by atoms with Crippen LogP contribution >= 0.6 is 0 Å². The summed E-state index contributed by atoms with van der Waals surface area (Å²) in [6.07, 6.45) is -2.68. The fourth-order valence-corrected chi connectivity index (χ4v) is 1.81. The molecule has 0 spiro atoms. The number of aromatic nitrogens is 2. The van der Waals surface area contributed by atoms with Crippen molar-refractivity contribution in [2.75, 3.05) is 6.61 Å². The van der Waals surface area contributed by atoms with Crippen molar-refractivity contribution in [3.05, 3.63) is 18.0 Å². The van der Waals surface area contributed by atoms with Crippen LogP contribution in [-0.4, -0.2) is 27.9 Å². The predicted octanol–water partition coefficient (Wildman–Crippen LogP) is 2.13. The number of hydrogen-bond donors (Lipinski definition) is 1. The van der Waals surface area contributed by atoms with E-state index in [1.807, 2.05) is 0 Å². The lowest BCUT2D eigenvalue weighted by Gasteiger charge is -2.25. The van der Waals surface area contributed by atoms with Crippen LogP contribution in [0.2, 0.25) is 0 Å². The molecule has 0 saturated heterocycles. The third kappa shape index (κ3) is 3.96. The van der Waals surface area contributed by atoms with Crippen molar-refractivity contribution >= 4 is 5.97 Å². The van der Waals surface area contributed by atoms with Crippen LogP contribution in [0.1, 0.15) is 38.8 Å². The van der Waals surface area contributed by atoms with Gasteiger partial charge >= 0.3 is 12.1 Å². The summed E-state index contributed by atoms with van der Waals surface area (Å²) in [4.78, 5) is 11.6. The number of alkyl halides is 3. The third-order valence-electron chi connectivity index (χ3n) is 2.84. The van der Waals surface area contributed by atoms with E-state index < -0.39 is 29.3 Å². The Bertz CT molecular complexity index is 469. The van der Waals surface area contributed by atoms with Crippen LogP contribution in [0.3, 0.4) is 0 Å². The van der Waals surface area contributed by atoms with Crippen LogP contribution in [0.5, 0.6) is 0 Å². The number of nitrogens with zero attached hydrogens (tertiary/aromatic N) is 2. The van der Waals surface area contributed by atoms with Crippen molar-refractivity contribution in [3.63, 3.8) is 0 Å². The molecule has 2 N–H and O–H groups in total. The fourth-order valence-electron chi connectivity index (χ4n) is 1.81. The largest absolute Gasteiger partial charge is 0.465 e. The van der Waals surface area contributed by atoms with Crippen LogP contribution in [0.15, 0.2) is 12.4 Å². The summed E-state index contributed by atoms with van der Waals surface area (Å²) in [5, 5.41) is 3.66. The van der Waals surface area contributed by atoms with Gasteiger partial charge in [-0.3, -0.25) is 9.48 Å². The summed E-state index contributed by atoms with van der Waals surface area (Å²) in [5.74, 6) is -0.588. The van der Waals surface area contributed by atoms with Gasteiger partial charge in [0.05, 0.1) is 24.4 Å². The quantitative estimate of drug-likeness (QED) is 0.844. The molecule has 1 heterocycles. The molecule has 8 heteroatoms. The Hall–Kier alpha value is -1.57. The lowest BCUT2D eigenvalue weighted by molar-refractivity contribution is -0.149. The number of nitrogens with two attached hydrogens (primary N) is 1. The smallest absolute Gasteiger partial charge is 0.419 e. The lowest BCUT2D eigenvalue weighted by Crippen LogP contribution is -2.47. The van der Waals surface area contributed by atoms with Crippen molar-refractivity contribution in [2.24, 2.45) is 5.73 Å². The van der Waals surface area contributed by atoms with Gasteiger partial charge < -0.3 is 10.5 Å². The van der Waals surface area contributed by atoms with E-state index in [2.05, 4.69) is 5.10 Å². The Kier molecular flexibility index (Phi) is 4.80. The molecule has 2 unspecified atom stereocenters. The molecule has 0 aromatic carbocycles. The van der Waals surface area contributed by atoms with Gasteiger partial charge in [-0.2, -0.15) is 18.3 Å². The molecule has 1 rings (SSSR count). The van der Waals surface area contributed by atoms with Crippen molar-refractivity contribution in [2.45, 2.75) is 44.9 Å². The normalized spacial score (nSPS) is 16.6. The molecule has 1 aromatic heterocycles. The van der Waals surface area contributed by atoms with Crippen molar-refractivity contribution < 1.29 is 22.7 Å². The monoisotopic (exact) mass is 293 g/mol. The zero-order chi connectivity index (χ0) is 15.6. The molecule has 1 aromatic rings. The number of carbonyl (C=O) groups excluding carboxylic acids is 1. The number of rotatable bonds is 5. The highest BCUT2D eigenvalue weighted by Gasteiger charge is 2.35. The number of carbonyl (C=O) groups is 1. The van der Waals surface area contributed by atoms with Gasteiger partial charge in [0.15, 0.2) is 0 Å². The first-order valence-electron chi connectivity index (χ1n) is 6.15. The van der Waals surface area contributed by atoms with Crippen molar-refractivity contribution in [3.8, 4) is 0 Å². The summed E-state index contributed by atoms with van der Waals surface area (Å²) < 4.78 is 43.4. The summed E-state index contributed by atoms with van der Waals surface area (Å²) in [6, 6.07) is -0.467. The summed E-state index contributed by atoms with van der Waals surface area (Å²) >= 11 is 0. The zero-order valence-electron chi connectivity index (χ0n) is 11.6. The van der Waals surface area contributed by atoms with Crippen molar-refractivity contribution in [1.29, 1.82) is 0 Å². The number of esters is 1. The van der Waals surface area contributed by atoms with E-state index in [-0.39, 0.29) is 13.0 Å². The molecule has 0 aliphatic heterocycles. The number of ether oxygens (including phenoxy) is 1. The van der Waals surface area contributed by atoms with E-state index in [1.165, 1.54) is 6.92 Å². The molecule has 0 aliphatic carbocycles. The molecule has 114 valence electrons. The molecule has 0 bridgehead atoms. The van der Waals surface area contributed by atoms with Gasteiger partial charge in [0.25, 0.3) is 0 Å². The average Bonchev–Trinajstić information content (AvgIpc) is 2.77. The topological polar surface area (TPSA) is 70.1 Å². The Morgan fingerprint density at radius 3 is 2.60 bits per heavy atom. The maximum absolute atomic E-state index is 12.5. The predicted molar refractivity (Wildman–Crippen MR) is 65.8 cm³/mol. The number of halogens is 3. The molecule has 5 nitrogen and oxygen atoms in total. The Morgan fingerprint density at radius 1 is 1.55 bits per heavy atom. The Balaban J connectivity index is 2.78. The molecule has 0 aliphatic rings. The highest BCUT2D eigenvalue weighted by molar-refractivity contribution is 5.80. The van der Waals surface area contributed by atoms with E-state index in [9.17, 15) is 18.0 Å². The molecule has 0 fully saturated rings. The standard InChI is InChI=1S/C12H18F3N3O2/c1-4-20-10(19)11(3,16)5-8(2)18-7-9(6-17-18)12(13,14)15/h6-8H,4-5,16H2,1-3H3. The second-order valence-corrected chi connectivity index (χ2v) is 4.90. The van der Waals surface area contributed by atoms with Gasteiger partial charge in [0.2, 0.25) is 0 Å². The van der Waals surface area contributed by atoms with E-state index in [4.69, 9.17) is 10.5 Å². The van der Waals surface area contributed by atoms with Gasteiger partial charge in [-0.05, 0) is 27.2 Å². The van der Waals surface area contributed by atoms with E-state index in [0.29, 0.717) is 0 Å². The van der Waals surface area contributed by atoms with E-state index in [0.717, 1.165) is 17.1 Å². The molecular formula is C12H18F3N3O2. The molecular weight excluding hydrogens is 275 g/mol. The van der Waals surface area contributed by atoms with E-state index in [1.54, 1.807) is 13.8 Å². The maximum atomic E-state index is 12.5. The molecule has 0 saturated carbocycles. The summed E-state index contributed by atoms with van der Waals surface area (Å²) in [7, 11) is 0. The zero-order valence-corrected chi connectivity index (χ0v) is 11.6. The SMILES string of the molecule is CCOC(=O)C(C)(N)CC(C)n1cc(C(F)(F)F)cn1. The minimum atomic E-state index is -4.44.